The van der Waals surface area contributed by atoms with Gasteiger partial charge in [0.05, 0.1) is 11.6 Å². The summed E-state index contributed by atoms with van der Waals surface area (Å²) in [6.45, 7) is 0.553. The van der Waals surface area contributed by atoms with Crippen molar-refractivity contribution in [1.29, 1.82) is 0 Å². The van der Waals surface area contributed by atoms with E-state index in [1.165, 1.54) is 12.1 Å². The molecule has 76 valence electrons. The van der Waals surface area contributed by atoms with Gasteiger partial charge in [-0.25, -0.2) is 8.42 Å². The highest BCUT2D eigenvalue weighted by atomic mass is 35.7. The Hall–Kier alpha value is -0.450. The topological polar surface area (TPSA) is 43.4 Å². The summed E-state index contributed by atoms with van der Waals surface area (Å²) >= 11 is 5.75. The minimum atomic E-state index is -3.77. The van der Waals surface area contributed by atoms with Crippen LogP contribution in [0.2, 0.25) is 5.02 Å². The Morgan fingerprint density at radius 1 is 1.36 bits per heavy atom. The maximum absolute atomic E-state index is 11.1. The largest absolute Gasteiger partial charge is 0.493 e. The summed E-state index contributed by atoms with van der Waals surface area (Å²) in [5.74, 6) is 0.638. The Morgan fingerprint density at radius 2 is 2.07 bits per heavy atom. The van der Waals surface area contributed by atoms with Crippen molar-refractivity contribution in [2.45, 2.75) is 11.3 Å². The van der Waals surface area contributed by atoms with E-state index in [0.29, 0.717) is 18.8 Å². The molecule has 0 bridgehead atoms. The molecule has 0 aromatic heterocycles. The Balaban J connectivity index is 2.65. The van der Waals surface area contributed by atoms with Crippen LogP contribution in [0.5, 0.6) is 5.75 Å². The first-order valence-electron chi connectivity index (χ1n) is 3.88. The lowest BCUT2D eigenvalue weighted by molar-refractivity contribution is 0.357. The van der Waals surface area contributed by atoms with E-state index >= 15 is 0 Å². The Bertz CT molecular complexity index is 482. The fourth-order valence-electron chi connectivity index (χ4n) is 1.36. The summed E-state index contributed by atoms with van der Waals surface area (Å²) in [4.78, 5) is -0.0508. The van der Waals surface area contributed by atoms with E-state index in [-0.39, 0.29) is 9.92 Å². The second kappa shape index (κ2) is 3.29. The van der Waals surface area contributed by atoms with Crippen molar-refractivity contribution < 1.29 is 13.2 Å². The van der Waals surface area contributed by atoms with Gasteiger partial charge in [0.1, 0.15) is 10.6 Å². The Kier molecular flexibility index (Phi) is 2.37. The number of hydrogen-bond acceptors (Lipinski definition) is 3. The van der Waals surface area contributed by atoms with E-state index in [1.54, 1.807) is 0 Å². The first kappa shape index (κ1) is 10.1. The van der Waals surface area contributed by atoms with Crippen LogP contribution in [-0.4, -0.2) is 15.0 Å². The molecule has 0 unspecified atom stereocenters. The van der Waals surface area contributed by atoms with Crippen LogP contribution >= 0.6 is 22.3 Å². The molecule has 2 rings (SSSR count). The summed E-state index contributed by atoms with van der Waals surface area (Å²) in [6, 6.07) is 2.95. The van der Waals surface area contributed by atoms with Gasteiger partial charge in [-0.15, -0.1) is 0 Å². The highest BCUT2D eigenvalue weighted by molar-refractivity contribution is 8.13. The van der Waals surface area contributed by atoms with Gasteiger partial charge in [0.15, 0.2) is 0 Å². The third-order valence-corrected chi connectivity index (χ3v) is 3.79. The van der Waals surface area contributed by atoms with Gasteiger partial charge in [-0.05, 0) is 11.6 Å². The van der Waals surface area contributed by atoms with E-state index in [2.05, 4.69) is 0 Å². The maximum Gasteiger partial charge on any atom is 0.262 e. The molecule has 0 aliphatic carbocycles. The molecule has 1 aliphatic rings. The molecule has 0 saturated heterocycles. The lowest BCUT2D eigenvalue weighted by Crippen LogP contribution is -1.93. The Labute approximate surface area is 91.0 Å². The van der Waals surface area contributed by atoms with E-state index in [0.717, 1.165) is 5.56 Å². The molecular formula is C8H6Cl2O3S. The van der Waals surface area contributed by atoms with Crippen molar-refractivity contribution in [3.05, 3.63) is 22.7 Å². The van der Waals surface area contributed by atoms with Crippen LogP contribution in [0.4, 0.5) is 0 Å². The van der Waals surface area contributed by atoms with Crippen LogP contribution in [0.25, 0.3) is 0 Å². The van der Waals surface area contributed by atoms with Crippen molar-refractivity contribution in [3.63, 3.8) is 0 Å². The molecular weight excluding hydrogens is 247 g/mol. The zero-order valence-electron chi connectivity index (χ0n) is 6.96. The average molecular weight is 253 g/mol. The second-order valence-corrected chi connectivity index (χ2v) is 5.87. The molecule has 0 amide bonds. The minimum absolute atomic E-state index is 0.0508. The van der Waals surface area contributed by atoms with Crippen LogP contribution in [0.3, 0.4) is 0 Å². The van der Waals surface area contributed by atoms with Gasteiger partial charge in [0.2, 0.25) is 0 Å². The van der Waals surface area contributed by atoms with E-state index in [9.17, 15) is 8.42 Å². The predicted molar refractivity (Wildman–Crippen MR) is 53.7 cm³/mol. The number of rotatable bonds is 1. The zero-order valence-corrected chi connectivity index (χ0v) is 9.29. The molecule has 1 heterocycles. The highest BCUT2D eigenvalue weighted by Gasteiger charge is 2.21. The molecule has 3 nitrogen and oxygen atoms in total. The number of ether oxygens (including phenoxy) is 1. The summed E-state index contributed by atoms with van der Waals surface area (Å²) in [6.07, 6.45) is 0.686. The monoisotopic (exact) mass is 252 g/mol. The smallest absolute Gasteiger partial charge is 0.262 e. The lowest BCUT2D eigenvalue weighted by Gasteiger charge is -2.03. The van der Waals surface area contributed by atoms with Gasteiger partial charge in [0.25, 0.3) is 9.05 Å². The van der Waals surface area contributed by atoms with Crippen LogP contribution in [-0.2, 0) is 15.5 Å². The average Bonchev–Trinajstić information content (AvgIpc) is 2.47. The summed E-state index contributed by atoms with van der Waals surface area (Å²) < 4.78 is 27.4. The normalized spacial score (nSPS) is 15.0. The van der Waals surface area contributed by atoms with Crippen LogP contribution < -0.4 is 4.74 Å². The summed E-state index contributed by atoms with van der Waals surface area (Å²) in [5, 5.41) is 0.0978. The number of halogens is 2. The molecule has 1 aromatic rings. The van der Waals surface area contributed by atoms with E-state index < -0.39 is 9.05 Å². The first-order valence-corrected chi connectivity index (χ1v) is 6.57. The van der Waals surface area contributed by atoms with E-state index in [1.807, 2.05) is 0 Å². The minimum Gasteiger partial charge on any atom is -0.493 e. The molecule has 0 spiro atoms. The number of hydrogen-bond donors (Lipinski definition) is 0. The highest BCUT2D eigenvalue weighted by Crippen LogP contribution is 2.34. The first-order chi connectivity index (χ1) is 6.48. The van der Waals surface area contributed by atoms with Crippen LogP contribution in [0.15, 0.2) is 17.0 Å². The maximum atomic E-state index is 11.1. The van der Waals surface area contributed by atoms with Crippen molar-refractivity contribution in [3.8, 4) is 5.75 Å². The third kappa shape index (κ3) is 1.69. The molecule has 6 heteroatoms. The van der Waals surface area contributed by atoms with Crippen molar-refractivity contribution >= 4 is 31.3 Å². The van der Waals surface area contributed by atoms with Gasteiger partial charge in [-0.1, -0.05) is 11.6 Å². The molecule has 0 saturated carbocycles. The fraction of sp³-hybridized carbons (Fsp3) is 0.250. The van der Waals surface area contributed by atoms with Crippen molar-refractivity contribution in [2.24, 2.45) is 0 Å². The molecule has 0 N–H and O–H groups in total. The SMILES string of the molecule is O=S(=O)(Cl)c1cc2c(cc1Cl)OCC2. The van der Waals surface area contributed by atoms with Gasteiger partial charge in [-0.2, -0.15) is 0 Å². The number of fused-ring (bicyclic) bond motifs is 1. The number of benzene rings is 1. The molecule has 1 aromatic carbocycles. The van der Waals surface area contributed by atoms with E-state index in [4.69, 9.17) is 27.0 Å². The van der Waals surface area contributed by atoms with Crippen LogP contribution in [0.1, 0.15) is 5.56 Å². The van der Waals surface area contributed by atoms with Gasteiger partial charge < -0.3 is 4.74 Å². The van der Waals surface area contributed by atoms with Gasteiger partial charge in [0, 0.05) is 23.2 Å². The second-order valence-electron chi connectivity index (χ2n) is 2.93. The van der Waals surface area contributed by atoms with Gasteiger partial charge in [-0.3, -0.25) is 0 Å². The molecule has 0 fully saturated rings. The molecule has 14 heavy (non-hydrogen) atoms. The molecule has 0 atom stereocenters. The Morgan fingerprint density at radius 3 is 2.71 bits per heavy atom. The zero-order chi connectivity index (χ0) is 10.3. The standard InChI is InChI=1S/C8H6Cl2O3S/c9-6-4-7-5(1-2-13-7)3-8(6)14(10,11)12/h3-4H,1-2H2. The fourth-order valence-corrected chi connectivity index (χ4v) is 2.90. The lowest BCUT2D eigenvalue weighted by atomic mass is 10.2. The quantitative estimate of drug-likeness (QED) is 0.720. The van der Waals surface area contributed by atoms with Crippen molar-refractivity contribution in [2.75, 3.05) is 6.61 Å². The van der Waals surface area contributed by atoms with Crippen LogP contribution in [0, 0.1) is 0 Å². The molecule has 0 radical (unpaired) electrons. The predicted octanol–water partition coefficient (Wildman–Crippen LogP) is 2.20. The van der Waals surface area contributed by atoms with Gasteiger partial charge >= 0.3 is 0 Å². The third-order valence-electron chi connectivity index (χ3n) is 2.01. The summed E-state index contributed by atoms with van der Waals surface area (Å²) in [5.41, 5.74) is 0.827. The molecule has 1 aliphatic heterocycles. The summed E-state index contributed by atoms with van der Waals surface area (Å²) in [7, 11) is 1.44. The van der Waals surface area contributed by atoms with Crippen molar-refractivity contribution in [1.82, 2.24) is 0 Å².